The first kappa shape index (κ1) is 20.9. The number of benzene rings is 2. The van der Waals surface area contributed by atoms with Crippen LogP contribution in [0.2, 0.25) is 0 Å². The van der Waals surface area contributed by atoms with E-state index in [-0.39, 0.29) is 0 Å². The Balaban J connectivity index is 1.53. The maximum Gasteiger partial charge on any atom is 0.131 e. The van der Waals surface area contributed by atoms with Crippen molar-refractivity contribution < 1.29 is 0 Å². The molecule has 2 aromatic carbocycles. The number of rotatable bonds is 4. The summed E-state index contributed by atoms with van der Waals surface area (Å²) in [5, 5.41) is 7.96. The summed E-state index contributed by atoms with van der Waals surface area (Å²) in [5.74, 6) is 6.29. The van der Waals surface area contributed by atoms with Gasteiger partial charge in [0.2, 0.25) is 0 Å². The van der Waals surface area contributed by atoms with Crippen LogP contribution in [0.1, 0.15) is 23.7 Å². The molecule has 0 unspecified atom stereocenters. The number of aromatic nitrogens is 3. The van der Waals surface area contributed by atoms with E-state index < -0.39 is 0 Å². The number of hydrogen-bond donors (Lipinski definition) is 1. The minimum absolute atomic E-state index is 0.660. The first-order chi connectivity index (χ1) is 15.7. The molecule has 3 aromatic heterocycles. The molecule has 0 saturated heterocycles. The van der Waals surface area contributed by atoms with Crippen molar-refractivity contribution in [3.63, 3.8) is 0 Å². The smallest absolute Gasteiger partial charge is 0.131 e. The molecule has 0 amide bonds. The normalized spacial score (nSPS) is 11.1. The van der Waals surface area contributed by atoms with Gasteiger partial charge in [-0.15, -0.1) is 11.3 Å². The number of fused-ring (bicyclic) bond motifs is 3. The van der Waals surface area contributed by atoms with Gasteiger partial charge < -0.3 is 9.88 Å². The van der Waals surface area contributed by atoms with Gasteiger partial charge in [0.15, 0.2) is 0 Å². The summed E-state index contributed by atoms with van der Waals surface area (Å²) in [4.78, 5) is 9.65. The number of nitrogens with one attached hydrogen (secondary N) is 1. The molecule has 0 saturated carbocycles. The van der Waals surface area contributed by atoms with E-state index in [2.05, 4.69) is 102 Å². The first-order valence-corrected chi connectivity index (χ1v) is 12.1. The van der Waals surface area contributed by atoms with Gasteiger partial charge in [-0.25, -0.2) is 9.97 Å². The molecule has 0 bridgehead atoms. The van der Waals surface area contributed by atoms with Gasteiger partial charge in [-0.3, -0.25) is 0 Å². The molecule has 0 aliphatic heterocycles. The molecule has 32 heavy (non-hydrogen) atoms. The highest BCUT2D eigenvalue weighted by Gasteiger charge is 2.12. The molecule has 0 atom stereocenters. The third kappa shape index (κ3) is 3.95. The lowest BCUT2D eigenvalue weighted by atomic mass is 10.1. The molecule has 0 aliphatic rings. The fourth-order valence-electron chi connectivity index (χ4n) is 4.02. The number of thiophene rings is 1. The summed E-state index contributed by atoms with van der Waals surface area (Å²) >= 11 is 5.01. The first-order valence-electron chi connectivity index (χ1n) is 10.4. The molecule has 0 fully saturated rings. The van der Waals surface area contributed by atoms with Gasteiger partial charge in [0, 0.05) is 50.7 Å². The second-order valence-corrected chi connectivity index (χ2v) is 9.26. The summed E-state index contributed by atoms with van der Waals surface area (Å²) in [7, 11) is 1.98. The molecule has 4 nitrogen and oxygen atoms in total. The summed E-state index contributed by atoms with van der Waals surface area (Å²) in [6.07, 6.45) is 3.33. The summed E-state index contributed by atoms with van der Waals surface area (Å²) in [5.41, 5.74) is 6.72. The predicted molar refractivity (Wildman–Crippen MR) is 137 cm³/mol. The summed E-state index contributed by atoms with van der Waals surface area (Å²) in [6, 6.07) is 15.7. The Bertz CT molecular complexity index is 1490. The van der Waals surface area contributed by atoms with E-state index >= 15 is 0 Å². The zero-order chi connectivity index (χ0) is 22.1. The lowest BCUT2D eigenvalue weighted by Crippen LogP contribution is -2.04. The lowest BCUT2D eigenvalue weighted by Gasteiger charge is -2.05. The Hall–Kier alpha value is -2.98. The maximum absolute atomic E-state index is 4.26. The Morgan fingerprint density at radius 1 is 1.00 bits per heavy atom. The van der Waals surface area contributed by atoms with Crippen LogP contribution in [0.4, 0.5) is 0 Å². The van der Waals surface area contributed by atoms with Crippen LogP contribution in [0.3, 0.4) is 0 Å². The minimum Gasteiger partial charge on any atom is -0.341 e. The van der Waals surface area contributed by atoms with Crippen molar-refractivity contribution in [1.29, 1.82) is 0 Å². The Morgan fingerprint density at radius 2 is 1.91 bits per heavy atom. The molecule has 5 rings (SSSR count). The second kappa shape index (κ2) is 8.87. The molecule has 3 heterocycles. The maximum atomic E-state index is 4.26. The van der Waals surface area contributed by atoms with Crippen molar-refractivity contribution in [3.8, 4) is 22.3 Å². The zero-order valence-electron chi connectivity index (χ0n) is 17.8. The van der Waals surface area contributed by atoms with Crippen LogP contribution in [0.5, 0.6) is 0 Å². The molecule has 158 valence electrons. The van der Waals surface area contributed by atoms with E-state index in [1.807, 2.05) is 7.05 Å². The van der Waals surface area contributed by atoms with Crippen LogP contribution in [0.25, 0.3) is 32.2 Å². The Kier molecular flexibility index (Phi) is 5.79. The highest BCUT2D eigenvalue weighted by atomic mass is 79.9. The van der Waals surface area contributed by atoms with E-state index in [1.54, 1.807) is 23.7 Å². The van der Waals surface area contributed by atoms with Gasteiger partial charge in [-0.1, -0.05) is 24.1 Å². The fraction of sp³-hybridized carbons (Fsp3) is 0.154. The van der Waals surface area contributed by atoms with Crippen LogP contribution in [0.15, 0.2) is 64.8 Å². The quantitative estimate of drug-likeness (QED) is 0.298. The Labute approximate surface area is 199 Å². The van der Waals surface area contributed by atoms with Crippen molar-refractivity contribution in [2.24, 2.45) is 0 Å². The van der Waals surface area contributed by atoms with E-state index in [0.717, 1.165) is 18.7 Å². The third-order valence-corrected chi connectivity index (χ3v) is 6.86. The topological polar surface area (TPSA) is 42.7 Å². The van der Waals surface area contributed by atoms with Gasteiger partial charge in [-0.2, -0.15) is 0 Å². The van der Waals surface area contributed by atoms with Crippen LogP contribution in [-0.4, -0.2) is 21.6 Å². The van der Waals surface area contributed by atoms with Crippen LogP contribution in [-0.2, 0) is 13.1 Å². The second-order valence-electron chi connectivity index (χ2n) is 7.53. The standard InChI is InChI=1S/C26H21BrN4S/c1-3-31-23-9-5-17(13-28-2)10-22(23)21-8-6-19(12-24(21)31)25-11-18(16-32-25)4-7-20-14-30-26(27)15-29-20/h5-6,8-12,14-16,28H,3,13H2,1-2H3. The SMILES string of the molecule is CCn1c2ccc(CNC)cc2c2ccc(-c3cc(C#Cc4cnc(Br)cn4)cs3)cc21. The van der Waals surface area contributed by atoms with Gasteiger partial charge in [0.1, 0.15) is 10.3 Å². The monoisotopic (exact) mass is 500 g/mol. The molecule has 6 heteroatoms. The average molecular weight is 501 g/mol. The summed E-state index contributed by atoms with van der Waals surface area (Å²) < 4.78 is 3.11. The number of halogens is 1. The highest BCUT2D eigenvalue weighted by molar-refractivity contribution is 9.10. The van der Waals surface area contributed by atoms with E-state index in [1.165, 1.54) is 37.8 Å². The molecule has 1 N–H and O–H groups in total. The van der Waals surface area contributed by atoms with Gasteiger partial charge in [0.05, 0.1) is 12.4 Å². The average Bonchev–Trinajstić information content (AvgIpc) is 3.41. The van der Waals surface area contributed by atoms with Crippen molar-refractivity contribution in [1.82, 2.24) is 19.9 Å². The van der Waals surface area contributed by atoms with Crippen molar-refractivity contribution in [3.05, 3.63) is 81.7 Å². The van der Waals surface area contributed by atoms with E-state index in [9.17, 15) is 0 Å². The molecule has 5 aromatic rings. The lowest BCUT2D eigenvalue weighted by molar-refractivity contribution is 0.815. The Morgan fingerprint density at radius 3 is 2.69 bits per heavy atom. The molecule has 0 spiro atoms. The highest BCUT2D eigenvalue weighted by Crippen LogP contribution is 2.35. The zero-order valence-corrected chi connectivity index (χ0v) is 20.2. The number of aryl methyl sites for hydroxylation is 1. The molecular formula is C26H21BrN4S. The largest absolute Gasteiger partial charge is 0.341 e. The molecule has 0 aliphatic carbocycles. The van der Waals surface area contributed by atoms with Gasteiger partial charge in [-0.05, 0) is 71.2 Å². The van der Waals surface area contributed by atoms with Crippen molar-refractivity contribution in [2.45, 2.75) is 20.0 Å². The van der Waals surface area contributed by atoms with Crippen LogP contribution >= 0.6 is 27.3 Å². The van der Waals surface area contributed by atoms with Gasteiger partial charge in [0.25, 0.3) is 0 Å². The van der Waals surface area contributed by atoms with Gasteiger partial charge >= 0.3 is 0 Å². The molecule has 0 radical (unpaired) electrons. The predicted octanol–water partition coefficient (Wildman–Crippen LogP) is 6.21. The van der Waals surface area contributed by atoms with Crippen LogP contribution in [0, 0.1) is 11.8 Å². The van der Waals surface area contributed by atoms with E-state index in [4.69, 9.17) is 0 Å². The van der Waals surface area contributed by atoms with Crippen molar-refractivity contribution in [2.75, 3.05) is 7.05 Å². The fourth-order valence-corrected chi connectivity index (χ4v) is 5.06. The number of hydrogen-bond acceptors (Lipinski definition) is 4. The summed E-state index contributed by atoms with van der Waals surface area (Å²) in [6.45, 7) is 4.01. The third-order valence-electron chi connectivity index (χ3n) is 5.47. The van der Waals surface area contributed by atoms with E-state index in [0.29, 0.717) is 10.3 Å². The van der Waals surface area contributed by atoms with Crippen LogP contribution < -0.4 is 5.32 Å². The minimum atomic E-state index is 0.660. The molecular weight excluding hydrogens is 480 g/mol. The van der Waals surface area contributed by atoms with Crippen molar-refractivity contribution >= 4 is 49.1 Å². The number of nitrogens with zero attached hydrogens (tertiary/aromatic N) is 3.